The molecule has 0 spiro atoms. The Morgan fingerprint density at radius 2 is 1.77 bits per heavy atom. The topological polar surface area (TPSA) is 85.4 Å². The molecule has 232 valence electrons. The van der Waals surface area contributed by atoms with E-state index in [1.54, 1.807) is 74.3 Å². The minimum Gasteiger partial charge on any atom is -0.497 e. The van der Waals surface area contributed by atoms with Gasteiger partial charge in [0.2, 0.25) is 5.91 Å². The molecule has 3 aromatic rings. The number of halogens is 2. The first-order chi connectivity index (χ1) is 21.0. The smallest absolute Gasteiger partial charge is 0.328 e. The van der Waals surface area contributed by atoms with Crippen molar-refractivity contribution in [3.63, 3.8) is 0 Å². The number of carbonyl (C=O) groups is 3. The molecule has 8 nitrogen and oxygen atoms in total. The van der Waals surface area contributed by atoms with Crippen molar-refractivity contribution in [2.24, 2.45) is 5.92 Å². The molecule has 2 aliphatic heterocycles. The van der Waals surface area contributed by atoms with Crippen molar-refractivity contribution in [2.75, 3.05) is 32.3 Å². The van der Waals surface area contributed by atoms with E-state index in [1.165, 1.54) is 0 Å². The number of carbonyl (C=O) groups excluding carboxylic acids is 3. The maximum absolute atomic E-state index is 14.5. The summed E-state index contributed by atoms with van der Waals surface area (Å²) in [5.41, 5.74) is 1.68. The largest absolute Gasteiger partial charge is 0.497 e. The van der Waals surface area contributed by atoms with Gasteiger partial charge in [0.25, 0.3) is 5.91 Å². The van der Waals surface area contributed by atoms with E-state index >= 15 is 0 Å². The first-order valence-electron chi connectivity index (χ1n) is 14.6. The van der Waals surface area contributed by atoms with Gasteiger partial charge in [-0.15, -0.1) is 0 Å². The van der Waals surface area contributed by atoms with Crippen LogP contribution in [0.4, 0.5) is 5.69 Å². The second kappa shape index (κ2) is 12.7. The summed E-state index contributed by atoms with van der Waals surface area (Å²) in [6, 6.07) is 15.0. The van der Waals surface area contributed by atoms with E-state index in [0.29, 0.717) is 56.9 Å². The summed E-state index contributed by atoms with van der Waals surface area (Å²) in [4.78, 5) is 44.6. The van der Waals surface area contributed by atoms with Gasteiger partial charge in [0.1, 0.15) is 23.0 Å². The standard InChI is InChI=1S/C34H36Cl2N2O6/c1-6-44-32(40)29-15-20(2)13-14-37(29)31(39)21-8-11-27(36)25(16-21)34(3)26-17-23(35)9-12-28(26)38(33(34)41)19-22-7-10-24(42-4)18-30(22)43-5/h7-12,16-18,20,29H,6,13-15,19H2,1-5H3/t20-,29-,34?/m1/s1. The van der Waals surface area contributed by atoms with Crippen molar-refractivity contribution < 1.29 is 28.6 Å². The molecule has 1 saturated heterocycles. The molecule has 0 aliphatic carbocycles. The van der Waals surface area contributed by atoms with Crippen LogP contribution in [0.25, 0.3) is 0 Å². The van der Waals surface area contributed by atoms with Crippen LogP contribution < -0.4 is 14.4 Å². The SMILES string of the molecule is CCOC(=O)[C@H]1C[C@H](C)CCN1C(=O)c1ccc(Cl)c(C2(C)C(=O)N(Cc3ccc(OC)cc3OC)c3ccc(Cl)cc32)c1. The maximum Gasteiger partial charge on any atom is 0.328 e. The molecule has 5 rings (SSSR count). The van der Waals surface area contributed by atoms with Crippen LogP contribution in [-0.2, 0) is 26.3 Å². The number of rotatable bonds is 8. The molecule has 0 radical (unpaired) electrons. The second-order valence-corrected chi connectivity index (χ2v) is 12.3. The van der Waals surface area contributed by atoms with Gasteiger partial charge in [-0.1, -0.05) is 30.1 Å². The van der Waals surface area contributed by atoms with Gasteiger partial charge >= 0.3 is 5.97 Å². The van der Waals surface area contributed by atoms with Crippen LogP contribution in [0.3, 0.4) is 0 Å². The lowest BCUT2D eigenvalue weighted by atomic mass is 9.76. The summed E-state index contributed by atoms with van der Waals surface area (Å²) in [6.45, 7) is 6.50. The highest BCUT2D eigenvalue weighted by atomic mass is 35.5. The zero-order valence-corrected chi connectivity index (χ0v) is 27.0. The molecule has 3 atom stereocenters. The van der Waals surface area contributed by atoms with E-state index in [1.807, 2.05) is 18.2 Å². The van der Waals surface area contributed by atoms with Crippen LogP contribution in [0.2, 0.25) is 10.0 Å². The molecule has 0 saturated carbocycles. The van der Waals surface area contributed by atoms with Crippen molar-refractivity contribution >= 4 is 46.7 Å². The van der Waals surface area contributed by atoms with Crippen molar-refractivity contribution in [1.29, 1.82) is 0 Å². The van der Waals surface area contributed by atoms with E-state index in [9.17, 15) is 14.4 Å². The minimum absolute atomic E-state index is 0.222. The van der Waals surface area contributed by atoms with Crippen molar-refractivity contribution in [3.8, 4) is 11.5 Å². The zero-order valence-electron chi connectivity index (χ0n) is 25.5. The van der Waals surface area contributed by atoms with Crippen molar-refractivity contribution in [2.45, 2.75) is 51.6 Å². The van der Waals surface area contributed by atoms with Crippen LogP contribution in [0.15, 0.2) is 54.6 Å². The van der Waals surface area contributed by atoms with Gasteiger partial charge in [-0.2, -0.15) is 0 Å². The Kier molecular flexibility index (Phi) is 9.14. The monoisotopic (exact) mass is 638 g/mol. The van der Waals surface area contributed by atoms with Gasteiger partial charge in [-0.3, -0.25) is 9.59 Å². The van der Waals surface area contributed by atoms with Crippen LogP contribution in [0, 0.1) is 5.92 Å². The number of amides is 2. The number of benzene rings is 3. The highest BCUT2D eigenvalue weighted by molar-refractivity contribution is 6.33. The molecule has 0 N–H and O–H groups in total. The third kappa shape index (κ3) is 5.61. The van der Waals surface area contributed by atoms with Crippen LogP contribution in [0.1, 0.15) is 60.7 Å². The molecule has 1 unspecified atom stereocenters. The van der Waals surface area contributed by atoms with E-state index in [2.05, 4.69) is 6.92 Å². The molecule has 2 heterocycles. The van der Waals surface area contributed by atoms with Gasteiger partial charge in [-0.25, -0.2) is 4.79 Å². The summed E-state index contributed by atoms with van der Waals surface area (Å²) in [6.07, 6.45) is 1.30. The summed E-state index contributed by atoms with van der Waals surface area (Å²) < 4.78 is 16.3. The molecular formula is C34H36Cl2N2O6. The van der Waals surface area contributed by atoms with Gasteiger partial charge in [0.05, 0.1) is 27.4 Å². The number of fused-ring (bicyclic) bond motifs is 1. The quantitative estimate of drug-likeness (QED) is 0.256. The van der Waals surface area contributed by atoms with E-state index in [-0.39, 0.29) is 30.9 Å². The maximum atomic E-state index is 14.5. The molecule has 0 bridgehead atoms. The van der Waals surface area contributed by atoms with E-state index < -0.39 is 17.4 Å². The van der Waals surface area contributed by atoms with Gasteiger partial charge in [0, 0.05) is 39.5 Å². The Morgan fingerprint density at radius 1 is 1.00 bits per heavy atom. The molecule has 0 aromatic heterocycles. The Bertz CT molecular complexity index is 1610. The van der Waals surface area contributed by atoms with Gasteiger partial charge < -0.3 is 24.0 Å². The number of hydrogen-bond donors (Lipinski definition) is 0. The Hall–Kier alpha value is -3.75. The molecule has 10 heteroatoms. The lowest BCUT2D eigenvalue weighted by Gasteiger charge is -2.37. The van der Waals surface area contributed by atoms with Gasteiger partial charge in [0.15, 0.2) is 0 Å². The normalized spacial score (nSPS) is 21.2. The first-order valence-corrected chi connectivity index (χ1v) is 15.4. The predicted molar refractivity (Wildman–Crippen MR) is 170 cm³/mol. The fourth-order valence-electron chi connectivity index (χ4n) is 6.26. The Morgan fingerprint density at radius 3 is 2.48 bits per heavy atom. The number of esters is 1. The summed E-state index contributed by atoms with van der Waals surface area (Å²) in [5.74, 6) is 0.549. The third-order valence-electron chi connectivity index (χ3n) is 8.72. The van der Waals surface area contributed by atoms with Gasteiger partial charge in [-0.05, 0) is 92.3 Å². The number of ether oxygens (including phenoxy) is 3. The van der Waals surface area contributed by atoms with E-state index in [0.717, 1.165) is 12.0 Å². The van der Waals surface area contributed by atoms with Crippen molar-refractivity contribution in [3.05, 3.63) is 86.9 Å². The molecule has 44 heavy (non-hydrogen) atoms. The third-order valence-corrected chi connectivity index (χ3v) is 9.28. The molecule has 2 amide bonds. The lowest BCUT2D eigenvalue weighted by molar-refractivity contribution is -0.150. The average molecular weight is 640 g/mol. The van der Waals surface area contributed by atoms with Crippen LogP contribution in [-0.4, -0.2) is 56.1 Å². The number of piperidine rings is 1. The number of hydrogen-bond acceptors (Lipinski definition) is 6. The fraction of sp³-hybridized carbons (Fsp3) is 0.382. The highest BCUT2D eigenvalue weighted by Gasteiger charge is 2.50. The Balaban J connectivity index is 1.56. The fourth-order valence-corrected chi connectivity index (χ4v) is 6.74. The molecule has 2 aliphatic rings. The number of anilines is 1. The predicted octanol–water partition coefficient (Wildman–Crippen LogP) is 6.67. The zero-order chi connectivity index (χ0) is 31.8. The lowest BCUT2D eigenvalue weighted by Crippen LogP contribution is -2.50. The van der Waals surface area contributed by atoms with Crippen LogP contribution in [0.5, 0.6) is 11.5 Å². The highest BCUT2D eigenvalue weighted by Crippen LogP contribution is 2.50. The summed E-state index contributed by atoms with van der Waals surface area (Å²) in [5, 5.41) is 0.802. The second-order valence-electron chi connectivity index (χ2n) is 11.4. The number of nitrogens with zero attached hydrogens (tertiary/aromatic N) is 2. The molecular weight excluding hydrogens is 603 g/mol. The Labute approximate surface area is 267 Å². The number of methoxy groups -OCH3 is 2. The van der Waals surface area contributed by atoms with Crippen molar-refractivity contribution in [1.82, 2.24) is 4.90 Å². The molecule has 1 fully saturated rings. The van der Waals surface area contributed by atoms with E-state index in [4.69, 9.17) is 37.4 Å². The summed E-state index contributed by atoms with van der Waals surface area (Å²) in [7, 11) is 3.15. The minimum atomic E-state index is -1.26. The number of likely N-dealkylation sites (tertiary alicyclic amines) is 1. The van der Waals surface area contributed by atoms with Crippen LogP contribution >= 0.6 is 23.2 Å². The molecule has 3 aromatic carbocycles. The summed E-state index contributed by atoms with van der Waals surface area (Å²) >= 11 is 13.3. The first kappa shape index (κ1) is 31.7. The average Bonchev–Trinajstić information content (AvgIpc) is 3.22.